The number of amides is 1. The monoisotopic (exact) mass is 427 g/mol. The van der Waals surface area contributed by atoms with E-state index in [1.54, 1.807) is 19.1 Å². The molecule has 1 amide bonds. The van der Waals surface area contributed by atoms with Gasteiger partial charge in [0.15, 0.2) is 5.16 Å². The number of rotatable bonds is 6. The van der Waals surface area contributed by atoms with Crippen molar-refractivity contribution in [2.75, 3.05) is 42.3 Å². The highest BCUT2D eigenvalue weighted by atomic mass is 32.2. The Hall–Kier alpha value is -2.91. The fraction of sp³-hybridized carbons (Fsp3) is 0.286. The van der Waals surface area contributed by atoms with Gasteiger partial charge in [-0.3, -0.25) is 9.36 Å². The number of aryl methyl sites for hydroxylation is 1. The Morgan fingerprint density at radius 3 is 2.67 bits per heavy atom. The van der Waals surface area contributed by atoms with Crippen LogP contribution in [-0.4, -0.2) is 52.7 Å². The zero-order chi connectivity index (χ0) is 20.9. The van der Waals surface area contributed by atoms with Gasteiger partial charge in [0, 0.05) is 18.8 Å². The lowest BCUT2D eigenvalue weighted by atomic mass is 10.2. The van der Waals surface area contributed by atoms with E-state index in [2.05, 4.69) is 20.4 Å². The molecule has 2 heterocycles. The van der Waals surface area contributed by atoms with Crippen molar-refractivity contribution in [3.8, 4) is 5.69 Å². The zero-order valence-corrected chi connectivity index (χ0v) is 17.4. The van der Waals surface area contributed by atoms with Crippen molar-refractivity contribution in [1.29, 1.82) is 0 Å². The predicted octanol–water partition coefficient (Wildman–Crippen LogP) is 3.28. The maximum Gasteiger partial charge on any atom is 0.234 e. The standard InChI is InChI=1S/C21H22FN5O2S/c1-15-7-8-16(13-18(15)22)23-19(28)14-30-21-25-24-20(26-9-11-29-12-10-26)27(21)17-5-3-2-4-6-17/h2-8,13H,9-12,14H2,1H3,(H,23,28). The minimum Gasteiger partial charge on any atom is -0.378 e. The maximum absolute atomic E-state index is 13.7. The van der Waals surface area contributed by atoms with Crippen LogP contribution in [0.5, 0.6) is 0 Å². The number of carbonyl (C=O) groups is 1. The summed E-state index contributed by atoms with van der Waals surface area (Å²) in [5.74, 6) is 0.273. The lowest BCUT2D eigenvalue weighted by Gasteiger charge is -2.27. The molecule has 1 aliphatic heterocycles. The second-order valence-electron chi connectivity index (χ2n) is 6.85. The smallest absolute Gasteiger partial charge is 0.234 e. The van der Waals surface area contributed by atoms with Crippen LogP contribution in [0.3, 0.4) is 0 Å². The molecule has 156 valence electrons. The zero-order valence-electron chi connectivity index (χ0n) is 16.5. The minimum atomic E-state index is -0.348. The van der Waals surface area contributed by atoms with Crippen molar-refractivity contribution in [2.45, 2.75) is 12.1 Å². The number of carbonyl (C=O) groups excluding carboxylic acids is 1. The van der Waals surface area contributed by atoms with Crippen LogP contribution < -0.4 is 10.2 Å². The first-order valence-corrected chi connectivity index (χ1v) is 10.6. The van der Waals surface area contributed by atoms with E-state index in [9.17, 15) is 9.18 Å². The molecule has 3 aromatic rings. The molecule has 9 heteroatoms. The van der Waals surface area contributed by atoms with Crippen LogP contribution in [-0.2, 0) is 9.53 Å². The number of nitrogens with zero attached hydrogens (tertiary/aromatic N) is 4. The summed E-state index contributed by atoms with van der Waals surface area (Å²) in [6.45, 7) is 4.42. The summed E-state index contributed by atoms with van der Waals surface area (Å²) >= 11 is 1.29. The molecule has 0 radical (unpaired) electrons. The van der Waals surface area contributed by atoms with Gasteiger partial charge in [-0.25, -0.2) is 4.39 Å². The third-order valence-electron chi connectivity index (χ3n) is 4.71. The number of ether oxygens (including phenoxy) is 1. The number of nitrogens with one attached hydrogen (secondary N) is 1. The van der Waals surface area contributed by atoms with Gasteiger partial charge in [-0.15, -0.1) is 10.2 Å². The van der Waals surface area contributed by atoms with E-state index in [-0.39, 0.29) is 17.5 Å². The normalized spacial score (nSPS) is 14.0. The summed E-state index contributed by atoms with van der Waals surface area (Å²) in [6, 6.07) is 14.4. The average Bonchev–Trinajstić information content (AvgIpc) is 3.20. The molecule has 0 unspecified atom stereocenters. The van der Waals surface area contributed by atoms with E-state index in [0.29, 0.717) is 29.6 Å². The second-order valence-corrected chi connectivity index (χ2v) is 7.80. The van der Waals surface area contributed by atoms with Gasteiger partial charge in [-0.05, 0) is 36.8 Å². The van der Waals surface area contributed by atoms with Gasteiger partial charge in [0.2, 0.25) is 11.9 Å². The van der Waals surface area contributed by atoms with Gasteiger partial charge in [-0.2, -0.15) is 0 Å². The third-order valence-corrected chi connectivity index (χ3v) is 5.64. The highest BCUT2D eigenvalue weighted by Gasteiger charge is 2.22. The molecule has 4 rings (SSSR count). The summed E-state index contributed by atoms with van der Waals surface area (Å²) < 4.78 is 21.1. The van der Waals surface area contributed by atoms with Crippen molar-refractivity contribution >= 4 is 29.3 Å². The van der Waals surface area contributed by atoms with E-state index < -0.39 is 0 Å². The Morgan fingerprint density at radius 2 is 1.93 bits per heavy atom. The number of benzene rings is 2. The highest BCUT2D eigenvalue weighted by molar-refractivity contribution is 7.99. The molecule has 0 aliphatic carbocycles. The molecule has 1 saturated heterocycles. The van der Waals surface area contributed by atoms with Gasteiger partial charge < -0.3 is 15.0 Å². The summed E-state index contributed by atoms with van der Waals surface area (Å²) in [4.78, 5) is 14.5. The molecule has 30 heavy (non-hydrogen) atoms. The molecule has 0 spiro atoms. The van der Waals surface area contributed by atoms with Gasteiger partial charge in [0.1, 0.15) is 5.82 Å². The van der Waals surface area contributed by atoms with E-state index >= 15 is 0 Å². The quantitative estimate of drug-likeness (QED) is 0.609. The second kappa shape index (κ2) is 9.27. The molecule has 2 aromatic carbocycles. The van der Waals surface area contributed by atoms with Gasteiger partial charge >= 0.3 is 0 Å². The van der Waals surface area contributed by atoms with Gasteiger partial charge in [0.25, 0.3) is 0 Å². The van der Waals surface area contributed by atoms with Crippen LogP contribution in [0.2, 0.25) is 0 Å². The Labute approximate surface area is 178 Å². The summed E-state index contributed by atoms with van der Waals surface area (Å²) in [5.41, 5.74) is 1.89. The lowest BCUT2D eigenvalue weighted by molar-refractivity contribution is -0.113. The van der Waals surface area contributed by atoms with Crippen molar-refractivity contribution < 1.29 is 13.9 Å². The van der Waals surface area contributed by atoms with Crippen LogP contribution in [0.25, 0.3) is 5.69 Å². The van der Waals surface area contributed by atoms with Crippen LogP contribution in [0.4, 0.5) is 16.0 Å². The van der Waals surface area contributed by atoms with Crippen LogP contribution in [0.15, 0.2) is 53.7 Å². The third kappa shape index (κ3) is 4.63. The molecule has 0 bridgehead atoms. The summed E-state index contributed by atoms with van der Waals surface area (Å²) in [5, 5.41) is 12.1. The molecule has 0 atom stereocenters. The number of halogens is 1. The highest BCUT2D eigenvalue weighted by Crippen LogP contribution is 2.27. The number of hydrogen-bond acceptors (Lipinski definition) is 6. The first kappa shape index (κ1) is 20.4. The number of para-hydroxylation sites is 1. The van der Waals surface area contributed by atoms with Gasteiger partial charge in [-0.1, -0.05) is 36.0 Å². The predicted molar refractivity (Wildman–Crippen MR) is 115 cm³/mol. The molecule has 1 N–H and O–H groups in total. The van der Waals surface area contributed by atoms with Crippen LogP contribution >= 0.6 is 11.8 Å². The van der Waals surface area contributed by atoms with Gasteiger partial charge in [0.05, 0.1) is 24.7 Å². The molecule has 0 saturated carbocycles. The summed E-state index contributed by atoms with van der Waals surface area (Å²) in [6.07, 6.45) is 0. The van der Waals surface area contributed by atoms with E-state index in [0.717, 1.165) is 24.7 Å². The van der Waals surface area contributed by atoms with Crippen molar-refractivity contribution in [3.05, 3.63) is 59.9 Å². The molecular formula is C21H22FN5O2S. The Kier molecular flexibility index (Phi) is 6.29. The number of morpholine rings is 1. The van der Waals surface area contributed by atoms with E-state index in [1.165, 1.54) is 17.8 Å². The minimum absolute atomic E-state index is 0.129. The first-order valence-electron chi connectivity index (χ1n) is 9.64. The SMILES string of the molecule is Cc1ccc(NC(=O)CSc2nnc(N3CCOCC3)n2-c2ccccc2)cc1F. The maximum atomic E-state index is 13.7. The van der Waals surface area contributed by atoms with E-state index in [1.807, 2.05) is 34.9 Å². The van der Waals surface area contributed by atoms with Crippen molar-refractivity contribution in [1.82, 2.24) is 14.8 Å². The molecule has 7 nitrogen and oxygen atoms in total. The number of thioether (sulfide) groups is 1. The van der Waals surface area contributed by atoms with Crippen LogP contribution in [0.1, 0.15) is 5.56 Å². The molecule has 1 fully saturated rings. The summed E-state index contributed by atoms with van der Waals surface area (Å²) in [7, 11) is 0. The number of anilines is 2. The first-order chi connectivity index (χ1) is 14.6. The largest absolute Gasteiger partial charge is 0.378 e. The van der Waals surface area contributed by atoms with Crippen LogP contribution in [0, 0.1) is 12.7 Å². The Balaban J connectivity index is 1.51. The Bertz CT molecular complexity index is 1020. The fourth-order valence-electron chi connectivity index (χ4n) is 3.12. The van der Waals surface area contributed by atoms with E-state index in [4.69, 9.17) is 4.74 Å². The average molecular weight is 428 g/mol. The topological polar surface area (TPSA) is 72.3 Å². The molecule has 1 aliphatic rings. The molecular weight excluding hydrogens is 405 g/mol. The van der Waals surface area contributed by atoms with Crippen molar-refractivity contribution in [2.24, 2.45) is 0 Å². The lowest BCUT2D eigenvalue weighted by Crippen LogP contribution is -2.37. The number of aromatic nitrogens is 3. The number of hydrogen-bond donors (Lipinski definition) is 1. The molecule has 1 aromatic heterocycles. The Morgan fingerprint density at radius 1 is 1.17 bits per heavy atom. The fourth-order valence-corrected chi connectivity index (χ4v) is 3.87. The van der Waals surface area contributed by atoms with Crippen molar-refractivity contribution in [3.63, 3.8) is 0 Å².